The summed E-state index contributed by atoms with van der Waals surface area (Å²) in [6.45, 7) is 8.02. The van der Waals surface area contributed by atoms with E-state index in [0.29, 0.717) is 12.1 Å². The Hall–Kier alpha value is -2.63. The fourth-order valence-corrected chi connectivity index (χ4v) is 3.34. The van der Waals surface area contributed by atoms with Gasteiger partial charge in [0.05, 0.1) is 12.6 Å². The van der Waals surface area contributed by atoms with Crippen molar-refractivity contribution in [3.05, 3.63) is 47.3 Å². The summed E-state index contributed by atoms with van der Waals surface area (Å²) in [5.41, 5.74) is 2.70. The molecule has 0 spiro atoms. The number of carbonyl (C=O) groups is 2. The van der Waals surface area contributed by atoms with Crippen LogP contribution in [0.1, 0.15) is 42.5 Å². The molecule has 0 N–H and O–H groups in total. The minimum Gasteiger partial charge on any atom is -0.467 e. The number of benzene rings is 1. The maximum absolute atomic E-state index is 13.2. The number of fused-ring (bicyclic) bond motifs is 1. The topological polar surface area (TPSA) is 64.4 Å². The van der Waals surface area contributed by atoms with Gasteiger partial charge in [0.1, 0.15) is 6.04 Å². The highest BCUT2D eigenvalue weighted by molar-refractivity contribution is 6.10. The molecule has 0 saturated heterocycles. The highest BCUT2D eigenvalue weighted by atomic mass is 16.5. The zero-order chi connectivity index (χ0) is 18.4. The molecule has 0 bridgehead atoms. The van der Waals surface area contributed by atoms with E-state index in [2.05, 4.69) is 5.10 Å². The number of anilines is 1. The molecule has 3 rings (SSSR count). The van der Waals surface area contributed by atoms with Crippen molar-refractivity contribution in [2.45, 2.75) is 45.7 Å². The van der Waals surface area contributed by atoms with Crippen LogP contribution in [0.2, 0.25) is 0 Å². The summed E-state index contributed by atoms with van der Waals surface area (Å²) in [6.07, 6.45) is 0.452. The van der Waals surface area contributed by atoms with E-state index < -0.39 is 12.0 Å². The van der Waals surface area contributed by atoms with E-state index in [4.69, 9.17) is 4.74 Å². The molecule has 6 heteroatoms. The van der Waals surface area contributed by atoms with E-state index in [9.17, 15) is 9.59 Å². The molecule has 6 nitrogen and oxygen atoms in total. The van der Waals surface area contributed by atoms with E-state index in [1.54, 1.807) is 6.07 Å². The Labute approximate surface area is 147 Å². The van der Waals surface area contributed by atoms with Crippen LogP contribution in [0.15, 0.2) is 30.3 Å². The number of rotatable bonds is 2. The van der Waals surface area contributed by atoms with Crippen LogP contribution in [0.5, 0.6) is 0 Å². The molecule has 0 aliphatic carbocycles. The lowest BCUT2D eigenvalue weighted by Gasteiger charge is -2.23. The zero-order valence-electron chi connectivity index (χ0n) is 15.2. The van der Waals surface area contributed by atoms with Gasteiger partial charge in [0.25, 0.3) is 5.91 Å². The van der Waals surface area contributed by atoms with Crippen molar-refractivity contribution in [1.29, 1.82) is 0 Å². The summed E-state index contributed by atoms with van der Waals surface area (Å²) in [7, 11) is 1.34. The summed E-state index contributed by atoms with van der Waals surface area (Å²) < 4.78 is 6.74. The highest BCUT2D eigenvalue weighted by Crippen LogP contribution is 2.34. The Morgan fingerprint density at radius 2 is 1.92 bits per heavy atom. The summed E-state index contributed by atoms with van der Waals surface area (Å²) in [5, 5.41) is 4.49. The van der Waals surface area contributed by atoms with Gasteiger partial charge in [0, 0.05) is 17.8 Å². The van der Waals surface area contributed by atoms with Gasteiger partial charge < -0.3 is 4.74 Å². The standard InChI is InChI=1S/C19H23N3O3/c1-12-10-14(20-22(12)19(2,3)4)17(23)21-15-9-7-6-8-13(15)11-16(21)18(24)25-5/h6-10,16H,11H2,1-5H3/t16-/m1/s1. The van der Waals surface area contributed by atoms with Gasteiger partial charge in [0.15, 0.2) is 5.69 Å². The molecule has 25 heavy (non-hydrogen) atoms. The Kier molecular flexibility index (Phi) is 4.14. The number of para-hydroxylation sites is 1. The third kappa shape index (κ3) is 2.92. The number of esters is 1. The molecule has 0 unspecified atom stereocenters. The predicted molar refractivity (Wildman–Crippen MR) is 94.7 cm³/mol. The van der Waals surface area contributed by atoms with Gasteiger partial charge in [-0.3, -0.25) is 14.4 Å². The van der Waals surface area contributed by atoms with Crippen LogP contribution in [0.3, 0.4) is 0 Å². The molecule has 2 aromatic rings. The Morgan fingerprint density at radius 1 is 1.24 bits per heavy atom. The molecule has 0 radical (unpaired) electrons. The first-order valence-corrected chi connectivity index (χ1v) is 8.30. The van der Waals surface area contributed by atoms with Crippen molar-refractivity contribution in [3.8, 4) is 0 Å². The second kappa shape index (κ2) is 6.02. The van der Waals surface area contributed by atoms with Gasteiger partial charge in [-0.2, -0.15) is 5.10 Å². The van der Waals surface area contributed by atoms with E-state index in [-0.39, 0.29) is 11.4 Å². The second-order valence-electron chi connectivity index (χ2n) is 7.30. The molecule has 1 amide bonds. The van der Waals surface area contributed by atoms with Gasteiger partial charge in [-0.15, -0.1) is 0 Å². The number of hydrogen-bond donors (Lipinski definition) is 0. The van der Waals surface area contributed by atoms with Crippen molar-refractivity contribution < 1.29 is 14.3 Å². The van der Waals surface area contributed by atoms with Crippen LogP contribution in [-0.4, -0.2) is 34.8 Å². The molecule has 2 heterocycles. The third-order valence-electron chi connectivity index (χ3n) is 4.41. The van der Waals surface area contributed by atoms with Gasteiger partial charge in [-0.1, -0.05) is 18.2 Å². The number of aryl methyl sites for hydroxylation is 1. The van der Waals surface area contributed by atoms with Gasteiger partial charge in [-0.05, 0) is 45.4 Å². The Bertz CT molecular complexity index is 833. The van der Waals surface area contributed by atoms with Crippen LogP contribution >= 0.6 is 0 Å². The second-order valence-corrected chi connectivity index (χ2v) is 7.30. The van der Waals surface area contributed by atoms with Crippen molar-refractivity contribution in [2.75, 3.05) is 12.0 Å². The number of methoxy groups -OCH3 is 1. The fourth-order valence-electron chi connectivity index (χ4n) is 3.34. The molecular formula is C19H23N3O3. The number of aromatic nitrogens is 2. The van der Waals surface area contributed by atoms with Gasteiger partial charge >= 0.3 is 5.97 Å². The Morgan fingerprint density at radius 3 is 2.52 bits per heavy atom. The molecule has 1 atom stereocenters. The van der Waals surface area contributed by atoms with E-state index in [1.165, 1.54) is 12.0 Å². The molecule has 0 saturated carbocycles. The van der Waals surface area contributed by atoms with Crippen LogP contribution in [0.25, 0.3) is 0 Å². The van der Waals surface area contributed by atoms with Crippen LogP contribution in [-0.2, 0) is 21.5 Å². The molecule has 1 aromatic heterocycles. The molecule has 1 aromatic carbocycles. The van der Waals surface area contributed by atoms with E-state index in [1.807, 2.05) is 56.6 Å². The first-order valence-electron chi connectivity index (χ1n) is 8.30. The quantitative estimate of drug-likeness (QED) is 0.788. The molecule has 0 fully saturated rings. The number of carbonyl (C=O) groups excluding carboxylic acids is 2. The number of nitrogens with zero attached hydrogens (tertiary/aromatic N) is 3. The van der Waals surface area contributed by atoms with Crippen LogP contribution < -0.4 is 4.90 Å². The normalized spacial score (nSPS) is 16.7. The minimum absolute atomic E-state index is 0.229. The van der Waals surface area contributed by atoms with Gasteiger partial charge in [-0.25, -0.2) is 4.79 Å². The summed E-state index contributed by atoms with van der Waals surface area (Å²) in [5.74, 6) is -0.706. The molecule has 132 valence electrons. The van der Waals surface area contributed by atoms with E-state index in [0.717, 1.165) is 16.9 Å². The summed E-state index contributed by atoms with van der Waals surface area (Å²) in [6, 6.07) is 8.65. The smallest absolute Gasteiger partial charge is 0.329 e. The third-order valence-corrected chi connectivity index (χ3v) is 4.41. The first-order chi connectivity index (χ1) is 11.7. The molecule has 1 aliphatic rings. The summed E-state index contributed by atoms with van der Waals surface area (Å²) >= 11 is 0. The summed E-state index contributed by atoms with van der Waals surface area (Å²) in [4.78, 5) is 26.9. The maximum Gasteiger partial charge on any atom is 0.329 e. The highest BCUT2D eigenvalue weighted by Gasteiger charge is 2.40. The predicted octanol–water partition coefficient (Wildman–Crippen LogP) is 2.69. The zero-order valence-corrected chi connectivity index (χ0v) is 15.2. The van der Waals surface area contributed by atoms with Crippen LogP contribution in [0.4, 0.5) is 5.69 Å². The SMILES string of the molecule is COC(=O)[C@H]1Cc2ccccc2N1C(=O)c1cc(C)n(C(C)(C)C)n1. The lowest BCUT2D eigenvalue weighted by Crippen LogP contribution is -2.43. The minimum atomic E-state index is -0.657. The van der Waals surface area contributed by atoms with Crippen molar-refractivity contribution in [2.24, 2.45) is 0 Å². The van der Waals surface area contributed by atoms with E-state index >= 15 is 0 Å². The lowest BCUT2D eigenvalue weighted by molar-refractivity contribution is -0.141. The fraction of sp³-hybridized carbons (Fsp3) is 0.421. The monoisotopic (exact) mass is 341 g/mol. The average Bonchev–Trinajstić information content (AvgIpc) is 3.14. The number of amides is 1. The average molecular weight is 341 g/mol. The first kappa shape index (κ1) is 17.2. The lowest BCUT2D eigenvalue weighted by atomic mass is 10.1. The van der Waals surface area contributed by atoms with Crippen molar-refractivity contribution in [3.63, 3.8) is 0 Å². The maximum atomic E-state index is 13.2. The van der Waals surface area contributed by atoms with Gasteiger partial charge in [0.2, 0.25) is 0 Å². The molecule has 1 aliphatic heterocycles. The number of ether oxygens (including phenoxy) is 1. The van der Waals surface area contributed by atoms with Crippen molar-refractivity contribution in [1.82, 2.24) is 9.78 Å². The number of hydrogen-bond acceptors (Lipinski definition) is 4. The largest absolute Gasteiger partial charge is 0.467 e. The van der Waals surface area contributed by atoms with Crippen LogP contribution in [0, 0.1) is 6.92 Å². The van der Waals surface area contributed by atoms with Crippen molar-refractivity contribution >= 4 is 17.6 Å². The Balaban J connectivity index is 2.03. The molecular weight excluding hydrogens is 318 g/mol.